The average molecular weight is 664 g/mol. The van der Waals surface area contributed by atoms with Crippen LogP contribution in [0.3, 0.4) is 0 Å². The van der Waals surface area contributed by atoms with Crippen LogP contribution in [0.4, 0.5) is 44.3 Å². The number of carboxylic acid groups (broad SMARTS) is 1. The maximum absolute atomic E-state index is 13.2. The molecule has 9 nitrogen and oxygen atoms in total. The number of alkyl halides is 9. The first-order valence-corrected chi connectivity index (χ1v) is 14.0. The molecule has 3 saturated heterocycles. The van der Waals surface area contributed by atoms with Crippen LogP contribution < -0.4 is 4.74 Å². The quantitative estimate of drug-likeness (QED) is 0.397. The molecule has 3 fully saturated rings. The molecule has 0 atom stereocenters. The topological polar surface area (TPSA) is 99.6 Å². The molecule has 4 rings (SSSR count). The maximum Gasteiger partial charge on any atom is 0.573 e. The van der Waals surface area contributed by atoms with E-state index in [4.69, 9.17) is 0 Å². The van der Waals surface area contributed by atoms with Gasteiger partial charge in [0.05, 0.1) is 5.92 Å². The minimum absolute atomic E-state index is 0.0328. The highest BCUT2D eigenvalue weighted by atomic mass is 19.4. The van der Waals surface area contributed by atoms with Gasteiger partial charge in [0.25, 0.3) is 12.0 Å². The van der Waals surface area contributed by atoms with Gasteiger partial charge in [-0.2, -0.15) is 26.3 Å². The fraction of sp³-hybridized carbons (Fsp3) is 0.667. The van der Waals surface area contributed by atoms with Crippen LogP contribution >= 0.6 is 0 Å². The van der Waals surface area contributed by atoms with Crippen molar-refractivity contribution >= 4 is 18.0 Å². The second-order valence-electron chi connectivity index (χ2n) is 11.4. The highest BCUT2D eigenvalue weighted by Gasteiger charge is 2.60. The van der Waals surface area contributed by atoms with Crippen molar-refractivity contribution in [2.75, 3.05) is 32.7 Å². The van der Waals surface area contributed by atoms with Crippen molar-refractivity contribution in [3.8, 4) is 5.75 Å². The Labute approximate surface area is 250 Å². The molecule has 3 aliphatic heterocycles. The van der Waals surface area contributed by atoms with Gasteiger partial charge in [-0.25, -0.2) is 4.79 Å². The van der Waals surface area contributed by atoms with Crippen LogP contribution in [0, 0.1) is 5.92 Å². The highest BCUT2D eigenvalue weighted by molar-refractivity contribution is 5.95. The molecule has 2 amide bonds. The number of piperidine rings is 2. The molecule has 18 heteroatoms. The Kier molecular flexibility index (Phi) is 9.76. The van der Waals surface area contributed by atoms with Gasteiger partial charge in [0.2, 0.25) is 0 Å². The molecular formula is C27H30F9N3O6. The van der Waals surface area contributed by atoms with E-state index in [0.29, 0.717) is 19.4 Å². The third kappa shape index (κ3) is 8.43. The van der Waals surface area contributed by atoms with E-state index in [-0.39, 0.29) is 69.5 Å². The van der Waals surface area contributed by atoms with Gasteiger partial charge in [0, 0.05) is 43.8 Å². The van der Waals surface area contributed by atoms with Gasteiger partial charge in [0.1, 0.15) is 5.75 Å². The third-order valence-electron chi connectivity index (χ3n) is 8.46. The first-order chi connectivity index (χ1) is 20.8. The Morgan fingerprint density at radius 1 is 0.844 bits per heavy atom. The van der Waals surface area contributed by atoms with Gasteiger partial charge in [-0.15, -0.1) is 13.2 Å². The number of aliphatic carboxylic acids is 1. The smallest absolute Gasteiger partial charge is 0.481 e. The molecule has 1 aromatic carbocycles. The number of ether oxygens (including phenoxy) is 2. The third-order valence-corrected chi connectivity index (χ3v) is 8.46. The molecule has 0 saturated carbocycles. The molecule has 1 aromatic rings. The number of carboxylic acids is 1. The molecule has 3 aliphatic rings. The predicted octanol–water partition coefficient (Wildman–Crippen LogP) is 5.58. The van der Waals surface area contributed by atoms with Gasteiger partial charge < -0.3 is 24.4 Å². The average Bonchev–Trinajstić information content (AvgIpc) is 3.30. The Hall–Kier alpha value is -3.44. The molecule has 3 heterocycles. The van der Waals surface area contributed by atoms with E-state index in [2.05, 4.69) is 9.47 Å². The largest absolute Gasteiger partial charge is 0.573 e. The summed E-state index contributed by atoms with van der Waals surface area (Å²) in [6.45, 7) is 0.235. The van der Waals surface area contributed by atoms with Gasteiger partial charge in [0.15, 0.2) is 0 Å². The fourth-order valence-electron chi connectivity index (χ4n) is 6.21. The van der Waals surface area contributed by atoms with Crippen LogP contribution in [-0.4, -0.2) is 101 Å². The maximum atomic E-state index is 13.2. The summed E-state index contributed by atoms with van der Waals surface area (Å²) < 4.78 is 124. The number of carbonyl (C=O) groups excluding carboxylic acids is 2. The van der Waals surface area contributed by atoms with Crippen LogP contribution in [-0.2, 0) is 16.1 Å². The molecule has 0 aliphatic carbocycles. The molecule has 1 spiro atoms. The lowest BCUT2D eigenvalue weighted by atomic mass is 9.85. The second-order valence-corrected chi connectivity index (χ2v) is 11.4. The molecule has 252 valence electrons. The SMILES string of the molecule is O=C(O)C1CCN(C(=O)c2cc(CN3CCCC34CCN(C(=O)OC(C(F)(F)F)C(F)(F)F)CC4)cc(OC(F)(F)F)c2)CC1. The normalized spacial score (nSPS) is 20.1. The molecule has 0 unspecified atom stereocenters. The number of amides is 2. The number of nitrogens with zero attached hydrogens (tertiary/aromatic N) is 3. The Bertz CT molecular complexity index is 1240. The molecule has 45 heavy (non-hydrogen) atoms. The number of rotatable bonds is 6. The van der Waals surface area contributed by atoms with E-state index in [9.17, 15) is 59.0 Å². The number of benzene rings is 1. The zero-order chi connectivity index (χ0) is 33.4. The standard InChI is InChI=1S/C27H30F9N3O6/c28-25(29,30)22(26(31,32)33)44-23(43)38-10-5-24(6-11-38)4-1-7-39(24)15-16-12-18(14-19(13-16)45-27(34,35)36)20(40)37-8-2-17(3-9-37)21(41)42/h12-14,17,22H,1-11,15H2,(H,41,42). The molecule has 0 radical (unpaired) electrons. The van der Waals surface area contributed by atoms with Crippen molar-refractivity contribution in [3.63, 3.8) is 0 Å². The molecule has 0 aromatic heterocycles. The van der Waals surface area contributed by atoms with Gasteiger partial charge in [-0.3, -0.25) is 14.5 Å². The van der Waals surface area contributed by atoms with Crippen molar-refractivity contribution in [2.45, 2.75) is 75.4 Å². The first kappa shape index (κ1) is 34.4. The van der Waals surface area contributed by atoms with E-state index in [1.165, 1.54) is 11.0 Å². The number of halogens is 9. The monoisotopic (exact) mass is 663 g/mol. The summed E-state index contributed by atoms with van der Waals surface area (Å²) in [5.74, 6) is -2.89. The summed E-state index contributed by atoms with van der Waals surface area (Å²) >= 11 is 0. The van der Waals surface area contributed by atoms with Crippen molar-refractivity contribution in [2.24, 2.45) is 5.92 Å². The minimum atomic E-state index is -5.85. The lowest BCUT2D eigenvalue weighted by Gasteiger charge is -2.45. The van der Waals surface area contributed by atoms with Crippen LogP contribution in [0.5, 0.6) is 5.75 Å². The number of hydrogen-bond acceptors (Lipinski definition) is 6. The van der Waals surface area contributed by atoms with Crippen LogP contribution in [0.2, 0.25) is 0 Å². The van der Waals surface area contributed by atoms with E-state index in [0.717, 1.165) is 17.0 Å². The lowest BCUT2D eigenvalue weighted by molar-refractivity contribution is -0.308. The predicted molar refractivity (Wildman–Crippen MR) is 135 cm³/mol. The Morgan fingerprint density at radius 2 is 1.44 bits per heavy atom. The van der Waals surface area contributed by atoms with Gasteiger partial charge >= 0.3 is 30.8 Å². The van der Waals surface area contributed by atoms with Crippen LogP contribution in [0.25, 0.3) is 0 Å². The van der Waals surface area contributed by atoms with Crippen LogP contribution in [0.15, 0.2) is 18.2 Å². The summed E-state index contributed by atoms with van der Waals surface area (Å²) in [5.41, 5.74) is -0.481. The van der Waals surface area contributed by atoms with Crippen molar-refractivity contribution in [1.29, 1.82) is 0 Å². The summed E-state index contributed by atoms with van der Waals surface area (Å²) in [6.07, 6.45) is -21.0. The van der Waals surface area contributed by atoms with E-state index < -0.39 is 60.0 Å². The second kappa shape index (κ2) is 12.7. The zero-order valence-corrected chi connectivity index (χ0v) is 23.6. The lowest BCUT2D eigenvalue weighted by Crippen LogP contribution is -2.54. The Morgan fingerprint density at radius 3 is 1.98 bits per heavy atom. The highest BCUT2D eigenvalue weighted by Crippen LogP contribution is 2.41. The zero-order valence-electron chi connectivity index (χ0n) is 23.6. The van der Waals surface area contributed by atoms with Crippen molar-refractivity contribution < 1.29 is 68.5 Å². The number of carbonyl (C=O) groups is 3. The van der Waals surface area contributed by atoms with Crippen LogP contribution in [0.1, 0.15) is 54.4 Å². The van der Waals surface area contributed by atoms with E-state index in [1.807, 2.05) is 4.90 Å². The summed E-state index contributed by atoms with van der Waals surface area (Å²) in [5, 5.41) is 9.20. The summed E-state index contributed by atoms with van der Waals surface area (Å²) in [4.78, 5) is 40.7. The number of hydrogen-bond donors (Lipinski definition) is 1. The molecule has 1 N–H and O–H groups in total. The first-order valence-electron chi connectivity index (χ1n) is 14.0. The molecular weight excluding hydrogens is 633 g/mol. The summed E-state index contributed by atoms with van der Waals surface area (Å²) in [7, 11) is 0. The van der Waals surface area contributed by atoms with Gasteiger partial charge in [-0.05, 0) is 68.8 Å². The van der Waals surface area contributed by atoms with Gasteiger partial charge in [-0.1, -0.05) is 0 Å². The van der Waals surface area contributed by atoms with Crippen molar-refractivity contribution in [3.05, 3.63) is 29.3 Å². The number of likely N-dealkylation sites (tertiary alicyclic amines) is 3. The minimum Gasteiger partial charge on any atom is -0.481 e. The van der Waals surface area contributed by atoms with E-state index in [1.54, 1.807) is 0 Å². The molecule has 0 bridgehead atoms. The van der Waals surface area contributed by atoms with E-state index >= 15 is 0 Å². The summed E-state index contributed by atoms with van der Waals surface area (Å²) in [6, 6.07) is 3.47. The van der Waals surface area contributed by atoms with Crippen molar-refractivity contribution in [1.82, 2.24) is 14.7 Å². The Balaban J connectivity index is 1.47. The fourth-order valence-corrected chi connectivity index (χ4v) is 6.21.